The van der Waals surface area contributed by atoms with E-state index in [1.165, 1.54) is 18.2 Å². The van der Waals surface area contributed by atoms with E-state index in [1.54, 1.807) is 0 Å². The zero-order chi connectivity index (χ0) is 16.1. The van der Waals surface area contributed by atoms with Gasteiger partial charge in [0.05, 0.1) is 18.2 Å². The van der Waals surface area contributed by atoms with Crippen LogP contribution in [0, 0.1) is 0 Å². The van der Waals surface area contributed by atoms with Crippen molar-refractivity contribution in [1.29, 1.82) is 0 Å². The van der Waals surface area contributed by atoms with Gasteiger partial charge < -0.3 is 10.5 Å². The van der Waals surface area contributed by atoms with Crippen LogP contribution in [0.2, 0.25) is 0 Å². The molecule has 0 aliphatic carbocycles. The molecule has 21 heavy (non-hydrogen) atoms. The summed E-state index contributed by atoms with van der Waals surface area (Å²) in [7, 11) is 0. The fourth-order valence-corrected chi connectivity index (χ4v) is 1.75. The Kier molecular flexibility index (Phi) is 6.03. The first kappa shape index (κ1) is 17.8. The molecule has 8 heteroatoms. The monoisotopic (exact) mass is 315 g/mol. The van der Waals surface area contributed by atoms with Crippen LogP contribution in [-0.2, 0) is 10.9 Å². The fourth-order valence-electron chi connectivity index (χ4n) is 1.75. The summed E-state index contributed by atoms with van der Waals surface area (Å²) in [6, 6.07) is 3.73. The quantitative estimate of drug-likeness (QED) is 0.634. The van der Waals surface area contributed by atoms with Crippen molar-refractivity contribution >= 4 is 0 Å². The molecule has 0 radical (unpaired) electrons. The summed E-state index contributed by atoms with van der Waals surface area (Å²) in [4.78, 5) is 0. The van der Waals surface area contributed by atoms with Gasteiger partial charge in [0.25, 0.3) is 0 Å². The highest BCUT2D eigenvalue weighted by atomic mass is 19.4. The van der Waals surface area contributed by atoms with Crippen molar-refractivity contribution in [2.24, 2.45) is 5.73 Å². The summed E-state index contributed by atoms with van der Waals surface area (Å²) in [5.74, 6) is 0. The third kappa shape index (κ3) is 6.34. The summed E-state index contributed by atoms with van der Waals surface area (Å²) in [5.41, 5.74) is 4.61. The van der Waals surface area contributed by atoms with Crippen LogP contribution in [0.4, 0.5) is 26.3 Å². The normalized spacial score (nSPS) is 14.2. The standard InChI is InChI=1S/C13H15F6NO/c14-12(15,16)6-3-7-21-8-11(20)9-4-1-2-5-10(9)13(17,18)19/h1-2,4-5,11H,3,6-8,20H2. The lowest BCUT2D eigenvalue weighted by Gasteiger charge is -2.18. The maximum Gasteiger partial charge on any atom is 0.416 e. The highest BCUT2D eigenvalue weighted by Gasteiger charge is 2.34. The van der Waals surface area contributed by atoms with Gasteiger partial charge >= 0.3 is 12.4 Å². The molecule has 2 N–H and O–H groups in total. The second-order valence-electron chi connectivity index (χ2n) is 4.49. The first-order chi connectivity index (χ1) is 9.61. The van der Waals surface area contributed by atoms with Crippen molar-refractivity contribution in [2.75, 3.05) is 13.2 Å². The summed E-state index contributed by atoms with van der Waals surface area (Å²) in [6.07, 6.45) is -10.1. The largest absolute Gasteiger partial charge is 0.416 e. The van der Waals surface area contributed by atoms with Crippen molar-refractivity contribution in [3.05, 3.63) is 35.4 Å². The Hall–Kier alpha value is -1.28. The molecule has 0 amide bonds. The van der Waals surface area contributed by atoms with Crippen molar-refractivity contribution in [3.63, 3.8) is 0 Å². The summed E-state index contributed by atoms with van der Waals surface area (Å²) in [6.45, 7) is -0.480. The van der Waals surface area contributed by atoms with E-state index < -0.39 is 30.4 Å². The molecule has 0 aliphatic heterocycles. The number of hydrogen-bond donors (Lipinski definition) is 1. The molecule has 0 saturated carbocycles. The molecule has 1 rings (SSSR count). The average molecular weight is 315 g/mol. The SMILES string of the molecule is NC(COCCCC(F)(F)F)c1ccccc1C(F)(F)F. The van der Waals surface area contributed by atoms with Crippen LogP contribution in [0.3, 0.4) is 0 Å². The molecule has 0 spiro atoms. The van der Waals surface area contributed by atoms with Gasteiger partial charge in [-0.15, -0.1) is 0 Å². The van der Waals surface area contributed by atoms with Crippen LogP contribution in [0.1, 0.15) is 30.0 Å². The Morgan fingerprint density at radius 2 is 1.67 bits per heavy atom. The number of rotatable bonds is 6. The van der Waals surface area contributed by atoms with Gasteiger partial charge in [-0.25, -0.2) is 0 Å². The molecule has 1 aromatic carbocycles. The zero-order valence-corrected chi connectivity index (χ0v) is 11.0. The molecular weight excluding hydrogens is 300 g/mol. The minimum Gasteiger partial charge on any atom is -0.379 e. The van der Waals surface area contributed by atoms with E-state index >= 15 is 0 Å². The van der Waals surface area contributed by atoms with Crippen molar-refractivity contribution in [3.8, 4) is 0 Å². The Bertz CT molecular complexity index is 443. The fraction of sp³-hybridized carbons (Fsp3) is 0.538. The molecule has 1 unspecified atom stereocenters. The van der Waals surface area contributed by atoms with Crippen molar-refractivity contribution in [2.45, 2.75) is 31.2 Å². The highest BCUT2D eigenvalue weighted by molar-refractivity contribution is 5.32. The number of hydrogen-bond acceptors (Lipinski definition) is 2. The van der Waals surface area contributed by atoms with E-state index in [2.05, 4.69) is 0 Å². The predicted octanol–water partition coefficient (Wildman–Crippen LogP) is 4.06. The number of nitrogens with two attached hydrogens (primary N) is 1. The van der Waals surface area contributed by atoms with Crippen molar-refractivity contribution < 1.29 is 31.1 Å². The lowest BCUT2D eigenvalue weighted by molar-refractivity contribution is -0.139. The van der Waals surface area contributed by atoms with Gasteiger partial charge in [-0.05, 0) is 18.1 Å². The summed E-state index contributed by atoms with van der Waals surface area (Å²) >= 11 is 0. The molecule has 1 atom stereocenters. The van der Waals surface area contributed by atoms with E-state index in [0.717, 1.165) is 6.07 Å². The van der Waals surface area contributed by atoms with Crippen molar-refractivity contribution in [1.82, 2.24) is 0 Å². The van der Waals surface area contributed by atoms with Crippen LogP contribution in [-0.4, -0.2) is 19.4 Å². The minimum absolute atomic E-state index is 0.138. The molecule has 0 saturated heterocycles. The Morgan fingerprint density at radius 3 is 2.24 bits per heavy atom. The molecule has 0 fully saturated rings. The maximum absolute atomic E-state index is 12.8. The van der Waals surface area contributed by atoms with E-state index in [-0.39, 0.29) is 25.2 Å². The van der Waals surface area contributed by atoms with Gasteiger partial charge in [0.1, 0.15) is 0 Å². The molecular formula is C13H15F6NO. The number of alkyl halides is 6. The second kappa shape index (κ2) is 7.13. The van der Waals surface area contributed by atoms with Crippen LogP contribution in [0.15, 0.2) is 24.3 Å². The van der Waals surface area contributed by atoms with Crippen LogP contribution in [0.25, 0.3) is 0 Å². The summed E-state index contributed by atoms with van der Waals surface area (Å²) < 4.78 is 78.9. The van der Waals surface area contributed by atoms with E-state index in [4.69, 9.17) is 10.5 Å². The van der Waals surface area contributed by atoms with Gasteiger partial charge in [-0.3, -0.25) is 0 Å². The molecule has 120 valence electrons. The molecule has 0 aliphatic rings. The van der Waals surface area contributed by atoms with Gasteiger partial charge in [0.15, 0.2) is 0 Å². The predicted molar refractivity (Wildman–Crippen MR) is 64.5 cm³/mol. The van der Waals surface area contributed by atoms with E-state index in [9.17, 15) is 26.3 Å². The smallest absolute Gasteiger partial charge is 0.379 e. The first-order valence-corrected chi connectivity index (χ1v) is 6.17. The lowest BCUT2D eigenvalue weighted by Crippen LogP contribution is -2.22. The third-order valence-electron chi connectivity index (χ3n) is 2.71. The average Bonchev–Trinajstić information content (AvgIpc) is 2.35. The van der Waals surface area contributed by atoms with Gasteiger partial charge in [0.2, 0.25) is 0 Å². The molecule has 2 nitrogen and oxygen atoms in total. The van der Waals surface area contributed by atoms with Crippen LogP contribution in [0.5, 0.6) is 0 Å². The van der Waals surface area contributed by atoms with Crippen LogP contribution >= 0.6 is 0 Å². The maximum atomic E-state index is 12.8. The van der Waals surface area contributed by atoms with E-state index in [1.807, 2.05) is 0 Å². The van der Waals surface area contributed by atoms with Gasteiger partial charge in [-0.1, -0.05) is 18.2 Å². The third-order valence-corrected chi connectivity index (χ3v) is 2.71. The molecule has 0 bridgehead atoms. The number of halogens is 6. The Labute approximate surface area is 117 Å². The lowest BCUT2D eigenvalue weighted by atomic mass is 10.0. The molecule has 1 aromatic rings. The van der Waals surface area contributed by atoms with Gasteiger partial charge in [0, 0.05) is 13.0 Å². The minimum atomic E-state index is -4.54. The van der Waals surface area contributed by atoms with Gasteiger partial charge in [-0.2, -0.15) is 26.3 Å². The second-order valence-corrected chi connectivity index (χ2v) is 4.49. The molecule has 0 aromatic heterocycles. The zero-order valence-electron chi connectivity index (χ0n) is 11.0. The number of benzene rings is 1. The Balaban J connectivity index is 2.51. The Morgan fingerprint density at radius 1 is 1.05 bits per heavy atom. The first-order valence-electron chi connectivity index (χ1n) is 6.17. The topological polar surface area (TPSA) is 35.2 Å². The number of ether oxygens (including phenoxy) is 1. The summed E-state index contributed by atoms with van der Waals surface area (Å²) in [5, 5.41) is 0. The van der Waals surface area contributed by atoms with E-state index in [0.29, 0.717) is 0 Å². The highest BCUT2D eigenvalue weighted by Crippen LogP contribution is 2.34. The van der Waals surface area contributed by atoms with Crippen LogP contribution < -0.4 is 5.73 Å². The molecule has 0 heterocycles.